The van der Waals surface area contributed by atoms with E-state index >= 15 is 0 Å². The molecule has 2 nitrogen and oxygen atoms in total. The number of hydrogen-bond donors (Lipinski definition) is 1. The maximum absolute atomic E-state index is 11.0. The molecule has 1 aromatic rings. The Morgan fingerprint density at radius 3 is 2.07 bits per heavy atom. The van der Waals surface area contributed by atoms with Gasteiger partial charge in [-0.05, 0) is 18.4 Å². The van der Waals surface area contributed by atoms with Crippen LogP contribution in [0.3, 0.4) is 0 Å². The molecule has 14 heavy (non-hydrogen) atoms. The number of aliphatic carboxylic acids is 1. The van der Waals surface area contributed by atoms with E-state index in [-0.39, 0.29) is 5.92 Å². The first-order valence-electron chi connectivity index (χ1n) is 4.81. The smallest absolute Gasteiger partial charge is 0.311 e. The zero-order valence-electron chi connectivity index (χ0n) is 8.82. The zero-order chi connectivity index (χ0) is 10.7. The molecule has 0 unspecified atom stereocenters. The summed E-state index contributed by atoms with van der Waals surface area (Å²) in [7, 11) is 0. The standard InChI is InChI=1S/C12H16O2/c1-8(2)11(12(13)14)10-6-4-9(3)5-7-10/h4-8,11H,1-3H3,(H,13,14)/t11-/m0/s1. The van der Waals surface area contributed by atoms with Crippen molar-refractivity contribution in [2.24, 2.45) is 5.92 Å². The van der Waals surface area contributed by atoms with Crippen LogP contribution in [0.5, 0.6) is 0 Å². The van der Waals surface area contributed by atoms with Gasteiger partial charge < -0.3 is 5.11 Å². The van der Waals surface area contributed by atoms with E-state index in [1.54, 1.807) is 0 Å². The van der Waals surface area contributed by atoms with E-state index in [0.717, 1.165) is 11.1 Å². The van der Waals surface area contributed by atoms with Crippen LogP contribution < -0.4 is 0 Å². The van der Waals surface area contributed by atoms with Gasteiger partial charge in [-0.25, -0.2) is 0 Å². The molecule has 1 atom stereocenters. The van der Waals surface area contributed by atoms with Gasteiger partial charge in [-0.15, -0.1) is 0 Å². The predicted molar refractivity (Wildman–Crippen MR) is 56.4 cm³/mol. The van der Waals surface area contributed by atoms with Gasteiger partial charge in [-0.1, -0.05) is 43.7 Å². The minimum atomic E-state index is -0.746. The van der Waals surface area contributed by atoms with E-state index in [1.807, 2.05) is 45.0 Å². The molecule has 0 aliphatic heterocycles. The second kappa shape index (κ2) is 4.27. The van der Waals surface area contributed by atoms with Gasteiger partial charge in [0.15, 0.2) is 0 Å². The van der Waals surface area contributed by atoms with Gasteiger partial charge in [-0.3, -0.25) is 4.79 Å². The Labute approximate surface area is 84.6 Å². The minimum absolute atomic E-state index is 0.121. The SMILES string of the molecule is Cc1ccc([C@@H](C(=O)O)C(C)C)cc1. The lowest BCUT2D eigenvalue weighted by molar-refractivity contribution is -0.139. The van der Waals surface area contributed by atoms with Gasteiger partial charge in [0.05, 0.1) is 5.92 Å². The fourth-order valence-electron chi connectivity index (χ4n) is 1.59. The number of benzene rings is 1. The fraction of sp³-hybridized carbons (Fsp3) is 0.417. The molecule has 0 aromatic heterocycles. The van der Waals surface area contributed by atoms with Crippen molar-refractivity contribution in [2.75, 3.05) is 0 Å². The Hall–Kier alpha value is -1.31. The van der Waals surface area contributed by atoms with Crippen molar-refractivity contribution in [2.45, 2.75) is 26.7 Å². The van der Waals surface area contributed by atoms with Crippen molar-refractivity contribution >= 4 is 5.97 Å². The molecule has 2 heteroatoms. The van der Waals surface area contributed by atoms with Crippen LogP contribution in [0.15, 0.2) is 24.3 Å². The van der Waals surface area contributed by atoms with Crippen molar-refractivity contribution < 1.29 is 9.90 Å². The maximum atomic E-state index is 11.0. The number of carbonyl (C=O) groups is 1. The fourth-order valence-corrected chi connectivity index (χ4v) is 1.59. The summed E-state index contributed by atoms with van der Waals surface area (Å²) < 4.78 is 0. The van der Waals surface area contributed by atoms with Crippen molar-refractivity contribution in [3.8, 4) is 0 Å². The summed E-state index contributed by atoms with van der Waals surface area (Å²) in [5.41, 5.74) is 2.04. The van der Waals surface area contributed by atoms with Gasteiger partial charge in [0.2, 0.25) is 0 Å². The van der Waals surface area contributed by atoms with E-state index in [4.69, 9.17) is 5.11 Å². The molecule has 0 heterocycles. The van der Waals surface area contributed by atoms with Gasteiger partial charge in [-0.2, -0.15) is 0 Å². The molecule has 0 aliphatic rings. The predicted octanol–water partition coefficient (Wildman–Crippen LogP) is 2.82. The molecule has 1 rings (SSSR count). The van der Waals surface area contributed by atoms with Crippen molar-refractivity contribution in [1.29, 1.82) is 0 Å². The third-order valence-electron chi connectivity index (χ3n) is 2.37. The lowest BCUT2D eigenvalue weighted by Crippen LogP contribution is -2.17. The highest BCUT2D eigenvalue weighted by Crippen LogP contribution is 2.24. The third-order valence-corrected chi connectivity index (χ3v) is 2.37. The summed E-state index contributed by atoms with van der Waals surface area (Å²) in [4.78, 5) is 11.0. The lowest BCUT2D eigenvalue weighted by Gasteiger charge is -2.16. The molecule has 0 saturated carbocycles. The highest BCUT2D eigenvalue weighted by atomic mass is 16.4. The van der Waals surface area contributed by atoms with Crippen LogP contribution in [0.4, 0.5) is 0 Å². The van der Waals surface area contributed by atoms with Crippen molar-refractivity contribution in [1.82, 2.24) is 0 Å². The number of rotatable bonds is 3. The van der Waals surface area contributed by atoms with Crippen LogP contribution in [-0.4, -0.2) is 11.1 Å². The van der Waals surface area contributed by atoms with Gasteiger partial charge in [0.1, 0.15) is 0 Å². The molecule has 0 bridgehead atoms. The van der Waals surface area contributed by atoms with Gasteiger partial charge in [0.25, 0.3) is 0 Å². The first-order chi connectivity index (χ1) is 6.52. The third kappa shape index (κ3) is 2.34. The van der Waals surface area contributed by atoms with Crippen molar-refractivity contribution in [3.63, 3.8) is 0 Å². The highest BCUT2D eigenvalue weighted by Gasteiger charge is 2.22. The molecule has 0 fully saturated rings. The number of hydrogen-bond acceptors (Lipinski definition) is 1. The zero-order valence-corrected chi connectivity index (χ0v) is 8.82. The summed E-state index contributed by atoms with van der Waals surface area (Å²) in [6, 6.07) is 7.70. The Bertz CT molecular complexity index is 312. The van der Waals surface area contributed by atoms with Gasteiger partial charge in [0, 0.05) is 0 Å². The van der Waals surface area contributed by atoms with E-state index < -0.39 is 11.9 Å². The van der Waals surface area contributed by atoms with E-state index in [2.05, 4.69) is 0 Å². The molecule has 0 radical (unpaired) electrons. The monoisotopic (exact) mass is 192 g/mol. The molecule has 0 saturated heterocycles. The summed E-state index contributed by atoms with van der Waals surface area (Å²) in [5.74, 6) is -1.02. The van der Waals surface area contributed by atoms with E-state index in [0.29, 0.717) is 0 Å². The average molecular weight is 192 g/mol. The van der Waals surface area contributed by atoms with Crippen LogP contribution in [0, 0.1) is 12.8 Å². The van der Waals surface area contributed by atoms with E-state index in [9.17, 15) is 4.79 Å². The summed E-state index contributed by atoms with van der Waals surface area (Å²) in [6.45, 7) is 5.85. The minimum Gasteiger partial charge on any atom is -0.481 e. The molecular weight excluding hydrogens is 176 g/mol. The Morgan fingerprint density at radius 1 is 1.21 bits per heavy atom. The van der Waals surface area contributed by atoms with Crippen LogP contribution in [-0.2, 0) is 4.79 Å². The van der Waals surface area contributed by atoms with Crippen LogP contribution in [0.1, 0.15) is 30.9 Å². The van der Waals surface area contributed by atoms with Crippen LogP contribution in [0.2, 0.25) is 0 Å². The molecule has 0 spiro atoms. The summed E-state index contributed by atoms with van der Waals surface area (Å²) in [5, 5.41) is 9.07. The Kier molecular flexibility index (Phi) is 3.28. The van der Waals surface area contributed by atoms with Gasteiger partial charge >= 0.3 is 5.97 Å². The number of carboxylic acid groups (broad SMARTS) is 1. The molecule has 0 aliphatic carbocycles. The van der Waals surface area contributed by atoms with E-state index in [1.165, 1.54) is 0 Å². The average Bonchev–Trinajstić information content (AvgIpc) is 2.07. The largest absolute Gasteiger partial charge is 0.481 e. The molecule has 0 amide bonds. The topological polar surface area (TPSA) is 37.3 Å². The van der Waals surface area contributed by atoms with Crippen LogP contribution in [0.25, 0.3) is 0 Å². The second-order valence-corrected chi connectivity index (χ2v) is 3.97. The summed E-state index contributed by atoms with van der Waals surface area (Å²) in [6.07, 6.45) is 0. The normalized spacial score (nSPS) is 12.9. The lowest BCUT2D eigenvalue weighted by atomic mass is 9.88. The summed E-state index contributed by atoms with van der Waals surface area (Å²) >= 11 is 0. The van der Waals surface area contributed by atoms with Crippen LogP contribution >= 0.6 is 0 Å². The number of aryl methyl sites for hydroxylation is 1. The molecule has 76 valence electrons. The first-order valence-corrected chi connectivity index (χ1v) is 4.81. The highest BCUT2D eigenvalue weighted by molar-refractivity contribution is 5.76. The van der Waals surface area contributed by atoms with Crippen molar-refractivity contribution in [3.05, 3.63) is 35.4 Å². The maximum Gasteiger partial charge on any atom is 0.311 e. The molecule has 1 aromatic carbocycles. The second-order valence-electron chi connectivity index (χ2n) is 3.97. The Balaban J connectivity index is 3.00. The molecule has 1 N–H and O–H groups in total. The number of carboxylic acids is 1. The molecular formula is C12H16O2. The first kappa shape index (κ1) is 10.8. The Morgan fingerprint density at radius 2 is 1.71 bits per heavy atom. The quantitative estimate of drug-likeness (QED) is 0.799.